The summed E-state index contributed by atoms with van der Waals surface area (Å²) in [7, 11) is 0. The first-order chi connectivity index (χ1) is 24.8. The molecule has 0 aliphatic heterocycles. The second kappa shape index (κ2) is 11.5. The molecular weight excluding hydrogens is 605 g/mol. The van der Waals surface area contributed by atoms with E-state index in [1.807, 2.05) is 0 Å². The fraction of sp³-hybridized carbons (Fsp3) is 0. The maximum Gasteiger partial charge on any atom is 0.0542 e. The molecule has 0 radical (unpaired) electrons. The Bertz CT molecular complexity index is 2790. The molecule has 50 heavy (non-hydrogen) atoms. The first-order valence-corrected chi connectivity index (χ1v) is 17.2. The van der Waals surface area contributed by atoms with Crippen LogP contribution >= 0.6 is 0 Å². The monoisotopic (exact) mass is 636 g/mol. The van der Waals surface area contributed by atoms with Gasteiger partial charge in [-0.1, -0.05) is 140 Å². The number of nitrogens with zero attached hydrogens (tertiary/aromatic N) is 2. The smallest absolute Gasteiger partial charge is 0.0542 e. The number of fused-ring (bicyclic) bond motifs is 6. The van der Waals surface area contributed by atoms with Crippen LogP contribution in [0.25, 0.3) is 88.4 Å². The number of hydrogen-bond donors (Lipinski definition) is 0. The lowest BCUT2D eigenvalue weighted by molar-refractivity contribution is 1.17. The van der Waals surface area contributed by atoms with Crippen molar-refractivity contribution in [1.82, 2.24) is 9.13 Å². The second-order valence-corrected chi connectivity index (χ2v) is 13.0. The van der Waals surface area contributed by atoms with Crippen LogP contribution < -0.4 is 0 Å². The molecule has 0 atom stereocenters. The van der Waals surface area contributed by atoms with Gasteiger partial charge in [0.25, 0.3) is 0 Å². The summed E-state index contributed by atoms with van der Waals surface area (Å²) in [4.78, 5) is 0. The van der Waals surface area contributed by atoms with E-state index in [1.54, 1.807) is 0 Å². The highest BCUT2D eigenvalue weighted by molar-refractivity contribution is 6.12. The molecule has 2 heterocycles. The van der Waals surface area contributed by atoms with E-state index in [9.17, 15) is 0 Å². The van der Waals surface area contributed by atoms with Crippen LogP contribution in [0.4, 0.5) is 0 Å². The highest BCUT2D eigenvalue weighted by Crippen LogP contribution is 2.39. The van der Waals surface area contributed by atoms with Gasteiger partial charge in [0.05, 0.1) is 22.1 Å². The van der Waals surface area contributed by atoms with Gasteiger partial charge in [-0.05, 0) is 88.0 Å². The number of benzene rings is 8. The van der Waals surface area contributed by atoms with E-state index >= 15 is 0 Å². The van der Waals surface area contributed by atoms with Crippen LogP contribution in [0.5, 0.6) is 0 Å². The zero-order chi connectivity index (χ0) is 33.0. The highest BCUT2D eigenvalue weighted by Gasteiger charge is 2.17. The maximum absolute atomic E-state index is 2.40. The number of para-hydroxylation sites is 3. The van der Waals surface area contributed by atoms with Gasteiger partial charge in [-0.15, -0.1) is 0 Å². The molecule has 0 amide bonds. The molecule has 0 fully saturated rings. The Labute approximate surface area is 290 Å². The zero-order valence-corrected chi connectivity index (χ0v) is 27.4. The third-order valence-corrected chi connectivity index (χ3v) is 10.1. The molecule has 10 aromatic rings. The molecule has 2 aromatic heterocycles. The molecule has 0 bridgehead atoms. The molecule has 0 N–H and O–H groups in total. The predicted octanol–water partition coefficient (Wildman–Crippen LogP) is 12.9. The van der Waals surface area contributed by atoms with E-state index in [0.29, 0.717) is 0 Å². The lowest BCUT2D eigenvalue weighted by Gasteiger charge is -2.15. The van der Waals surface area contributed by atoms with Crippen molar-refractivity contribution in [2.24, 2.45) is 0 Å². The minimum Gasteiger partial charge on any atom is -0.309 e. The molecule has 0 saturated carbocycles. The summed E-state index contributed by atoms with van der Waals surface area (Å²) in [5, 5.41) is 5.04. The Morgan fingerprint density at radius 3 is 1.30 bits per heavy atom. The molecule has 2 nitrogen and oxygen atoms in total. The molecule has 0 aliphatic carbocycles. The molecule has 0 saturated heterocycles. The maximum atomic E-state index is 2.40. The van der Waals surface area contributed by atoms with Crippen LogP contribution in [0.15, 0.2) is 194 Å². The van der Waals surface area contributed by atoms with E-state index in [0.717, 1.165) is 5.69 Å². The summed E-state index contributed by atoms with van der Waals surface area (Å²) in [6.45, 7) is 0. The lowest BCUT2D eigenvalue weighted by Crippen LogP contribution is -1.96. The predicted molar refractivity (Wildman–Crippen MR) is 211 cm³/mol. The summed E-state index contributed by atoms with van der Waals surface area (Å²) in [6.07, 6.45) is 0. The third-order valence-electron chi connectivity index (χ3n) is 10.1. The zero-order valence-electron chi connectivity index (χ0n) is 27.4. The standard InChI is InChI=1S/C48H32N2/c1-3-13-33(14-4-1)36-25-29-39(43(31-36)34-15-5-2-6-16-34)35-23-26-37(27-24-35)49-47-22-12-9-19-42(47)44-32-38(28-30-48(44)49)50-45-20-10-7-17-40(45)41-18-8-11-21-46(41)50/h1-32H. The average Bonchev–Trinajstić information content (AvgIpc) is 3.71. The quantitative estimate of drug-likeness (QED) is 0.178. The Hall–Kier alpha value is -6.64. The summed E-state index contributed by atoms with van der Waals surface area (Å²) in [5.74, 6) is 0. The van der Waals surface area contributed by atoms with Gasteiger partial charge in [0.2, 0.25) is 0 Å². The van der Waals surface area contributed by atoms with Crippen molar-refractivity contribution in [3.63, 3.8) is 0 Å². The summed E-state index contributed by atoms with van der Waals surface area (Å²) < 4.78 is 4.80. The fourth-order valence-corrected chi connectivity index (χ4v) is 7.83. The molecule has 234 valence electrons. The molecule has 2 heteroatoms. The van der Waals surface area contributed by atoms with Crippen molar-refractivity contribution >= 4 is 43.6 Å². The second-order valence-electron chi connectivity index (χ2n) is 13.0. The van der Waals surface area contributed by atoms with Gasteiger partial charge in [-0.2, -0.15) is 0 Å². The number of rotatable bonds is 5. The Morgan fingerprint density at radius 2 is 0.680 bits per heavy atom. The lowest BCUT2D eigenvalue weighted by atomic mass is 9.91. The van der Waals surface area contributed by atoms with Crippen molar-refractivity contribution in [2.75, 3.05) is 0 Å². The van der Waals surface area contributed by atoms with Crippen molar-refractivity contribution in [3.8, 4) is 44.8 Å². The van der Waals surface area contributed by atoms with E-state index in [-0.39, 0.29) is 0 Å². The molecular formula is C48H32N2. The van der Waals surface area contributed by atoms with Gasteiger partial charge in [0.1, 0.15) is 0 Å². The summed E-state index contributed by atoms with van der Waals surface area (Å²) in [6, 6.07) is 70.4. The largest absolute Gasteiger partial charge is 0.309 e. The van der Waals surface area contributed by atoms with Crippen molar-refractivity contribution in [1.29, 1.82) is 0 Å². The van der Waals surface area contributed by atoms with Crippen LogP contribution in [0.3, 0.4) is 0 Å². The van der Waals surface area contributed by atoms with Gasteiger partial charge >= 0.3 is 0 Å². The number of hydrogen-bond acceptors (Lipinski definition) is 0. The van der Waals surface area contributed by atoms with Crippen LogP contribution in [0, 0.1) is 0 Å². The Kier molecular flexibility index (Phi) is 6.53. The summed E-state index contributed by atoms with van der Waals surface area (Å²) in [5.41, 5.74) is 14.5. The van der Waals surface area contributed by atoms with Crippen molar-refractivity contribution < 1.29 is 0 Å². The van der Waals surface area contributed by atoms with E-state index in [1.165, 1.54) is 82.7 Å². The number of aromatic nitrogens is 2. The van der Waals surface area contributed by atoms with Crippen LogP contribution in [-0.4, -0.2) is 9.13 Å². The van der Waals surface area contributed by atoms with E-state index in [4.69, 9.17) is 0 Å². The Balaban J connectivity index is 1.11. The SMILES string of the molecule is c1ccc(-c2ccc(-c3ccc(-n4c5ccccc5c5cc(-n6c7ccccc7c7ccccc76)ccc54)cc3)c(-c3ccccc3)c2)cc1. The van der Waals surface area contributed by atoms with Gasteiger partial charge in [-0.25, -0.2) is 0 Å². The van der Waals surface area contributed by atoms with Crippen LogP contribution in [0.1, 0.15) is 0 Å². The first-order valence-electron chi connectivity index (χ1n) is 17.2. The molecule has 10 rings (SSSR count). The summed E-state index contributed by atoms with van der Waals surface area (Å²) >= 11 is 0. The topological polar surface area (TPSA) is 9.86 Å². The Morgan fingerprint density at radius 1 is 0.240 bits per heavy atom. The van der Waals surface area contributed by atoms with E-state index in [2.05, 4.69) is 203 Å². The third kappa shape index (κ3) is 4.50. The van der Waals surface area contributed by atoms with Gasteiger partial charge < -0.3 is 9.13 Å². The van der Waals surface area contributed by atoms with Gasteiger partial charge in [0.15, 0.2) is 0 Å². The normalized spacial score (nSPS) is 11.6. The molecule has 0 spiro atoms. The minimum absolute atomic E-state index is 1.15. The minimum atomic E-state index is 1.15. The fourth-order valence-electron chi connectivity index (χ4n) is 7.83. The van der Waals surface area contributed by atoms with Crippen molar-refractivity contribution in [3.05, 3.63) is 194 Å². The van der Waals surface area contributed by atoms with Crippen LogP contribution in [0.2, 0.25) is 0 Å². The highest BCUT2D eigenvalue weighted by atomic mass is 15.0. The van der Waals surface area contributed by atoms with E-state index < -0.39 is 0 Å². The molecule has 0 aliphatic rings. The van der Waals surface area contributed by atoms with Gasteiger partial charge in [-0.3, -0.25) is 0 Å². The first kappa shape index (κ1) is 28.4. The van der Waals surface area contributed by atoms with Crippen molar-refractivity contribution in [2.45, 2.75) is 0 Å². The van der Waals surface area contributed by atoms with Gasteiger partial charge in [0, 0.05) is 32.9 Å². The average molecular weight is 637 g/mol. The molecule has 8 aromatic carbocycles. The van der Waals surface area contributed by atoms with Crippen LogP contribution in [-0.2, 0) is 0 Å². The molecule has 0 unspecified atom stereocenters.